The smallest absolute Gasteiger partial charge is 0.119 e. The number of aliphatic hydroxyl groups excluding tert-OH is 1. The summed E-state index contributed by atoms with van der Waals surface area (Å²) < 4.78 is 5.19. The molecule has 1 aromatic rings. The molecule has 0 saturated carbocycles. The molecule has 0 aromatic heterocycles. The van der Waals surface area contributed by atoms with Gasteiger partial charge in [0.2, 0.25) is 0 Å². The molecule has 0 amide bonds. The Morgan fingerprint density at radius 1 is 1.38 bits per heavy atom. The summed E-state index contributed by atoms with van der Waals surface area (Å²) in [5.41, 5.74) is 1.23. The third-order valence-corrected chi connectivity index (χ3v) is 2.63. The molecule has 16 heavy (non-hydrogen) atoms. The van der Waals surface area contributed by atoms with Crippen LogP contribution in [0.2, 0.25) is 0 Å². The number of methoxy groups -OCH3 is 1. The van der Waals surface area contributed by atoms with E-state index in [-0.39, 0.29) is 6.61 Å². The van der Waals surface area contributed by atoms with Crippen molar-refractivity contribution in [1.82, 2.24) is 5.32 Å². The molecular weight excluding hydrogens is 202 g/mol. The van der Waals surface area contributed by atoms with Gasteiger partial charge in [-0.25, -0.2) is 0 Å². The van der Waals surface area contributed by atoms with E-state index in [9.17, 15) is 0 Å². The van der Waals surface area contributed by atoms with Crippen LogP contribution in [0.4, 0.5) is 0 Å². The number of unbranched alkanes of at least 4 members (excludes halogenated alkanes) is 1. The molecule has 0 saturated heterocycles. The maximum atomic E-state index is 8.67. The largest absolute Gasteiger partial charge is 0.497 e. The van der Waals surface area contributed by atoms with Crippen molar-refractivity contribution in [3.63, 3.8) is 0 Å². The van der Waals surface area contributed by atoms with E-state index in [1.807, 2.05) is 18.2 Å². The van der Waals surface area contributed by atoms with E-state index in [1.54, 1.807) is 7.11 Å². The average molecular weight is 223 g/mol. The normalized spacial score (nSPS) is 12.4. The molecule has 0 spiro atoms. The number of rotatable bonds is 7. The number of hydrogen-bond donors (Lipinski definition) is 2. The summed E-state index contributed by atoms with van der Waals surface area (Å²) in [4.78, 5) is 0. The monoisotopic (exact) mass is 223 g/mol. The minimum Gasteiger partial charge on any atom is -0.497 e. The van der Waals surface area contributed by atoms with Crippen molar-refractivity contribution in [3.05, 3.63) is 29.8 Å². The van der Waals surface area contributed by atoms with Crippen molar-refractivity contribution in [2.24, 2.45) is 0 Å². The Kier molecular flexibility index (Phi) is 5.90. The quantitative estimate of drug-likeness (QED) is 0.696. The topological polar surface area (TPSA) is 41.5 Å². The van der Waals surface area contributed by atoms with Crippen LogP contribution in [0.1, 0.15) is 31.4 Å². The zero-order valence-electron chi connectivity index (χ0n) is 10.1. The fraction of sp³-hybridized carbons (Fsp3) is 0.538. The second kappa shape index (κ2) is 7.25. The van der Waals surface area contributed by atoms with E-state index in [2.05, 4.69) is 18.3 Å². The molecule has 0 aliphatic carbocycles. The molecule has 0 bridgehead atoms. The first kappa shape index (κ1) is 13.0. The minimum absolute atomic E-state index is 0.273. The molecule has 0 fully saturated rings. The molecule has 0 heterocycles. The molecule has 3 heteroatoms. The van der Waals surface area contributed by atoms with E-state index < -0.39 is 0 Å². The fourth-order valence-corrected chi connectivity index (χ4v) is 1.58. The SMILES string of the molecule is COc1cccc([C@H](C)NCCCCO)c1. The first-order chi connectivity index (χ1) is 7.77. The maximum absolute atomic E-state index is 8.67. The molecular formula is C13H21NO2. The third kappa shape index (κ3) is 4.21. The van der Waals surface area contributed by atoms with E-state index in [1.165, 1.54) is 5.56 Å². The number of ether oxygens (including phenoxy) is 1. The summed E-state index contributed by atoms with van der Waals surface area (Å²) in [6.45, 7) is 3.34. The van der Waals surface area contributed by atoms with Crippen LogP contribution in [0.5, 0.6) is 5.75 Å². The highest BCUT2D eigenvalue weighted by molar-refractivity contribution is 5.30. The van der Waals surface area contributed by atoms with Crippen molar-refractivity contribution in [2.75, 3.05) is 20.3 Å². The Bertz CT molecular complexity index is 302. The first-order valence-electron chi connectivity index (χ1n) is 5.76. The average Bonchev–Trinajstić information content (AvgIpc) is 2.34. The van der Waals surface area contributed by atoms with Crippen LogP contribution in [-0.2, 0) is 0 Å². The lowest BCUT2D eigenvalue weighted by molar-refractivity contribution is 0.283. The van der Waals surface area contributed by atoms with Gasteiger partial charge < -0.3 is 15.2 Å². The molecule has 0 aliphatic heterocycles. The Morgan fingerprint density at radius 2 is 2.19 bits per heavy atom. The molecule has 1 rings (SSSR count). The Hall–Kier alpha value is -1.06. The van der Waals surface area contributed by atoms with Crippen molar-refractivity contribution in [1.29, 1.82) is 0 Å². The number of nitrogens with one attached hydrogen (secondary N) is 1. The van der Waals surface area contributed by atoms with Gasteiger partial charge in [0.25, 0.3) is 0 Å². The summed E-state index contributed by atoms with van der Waals surface area (Å²) in [5, 5.41) is 12.1. The second-order valence-electron chi connectivity index (χ2n) is 3.88. The number of benzene rings is 1. The van der Waals surface area contributed by atoms with Crippen LogP contribution in [0.3, 0.4) is 0 Å². The Morgan fingerprint density at radius 3 is 2.88 bits per heavy atom. The predicted octanol–water partition coefficient (Wildman–Crippen LogP) is 2.12. The Labute approximate surface area is 97.4 Å². The second-order valence-corrected chi connectivity index (χ2v) is 3.88. The van der Waals surface area contributed by atoms with Crippen molar-refractivity contribution in [3.8, 4) is 5.75 Å². The standard InChI is InChI=1S/C13H21NO2/c1-11(14-8-3-4-9-15)12-6-5-7-13(10-12)16-2/h5-7,10-11,14-15H,3-4,8-9H2,1-2H3/t11-/m0/s1. The molecule has 0 radical (unpaired) electrons. The van der Waals surface area contributed by atoms with Crippen molar-refractivity contribution < 1.29 is 9.84 Å². The van der Waals surface area contributed by atoms with Gasteiger partial charge in [0, 0.05) is 12.6 Å². The lowest BCUT2D eigenvalue weighted by atomic mass is 10.1. The summed E-state index contributed by atoms with van der Waals surface area (Å²) in [5.74, 6) is 0.890. The highest BCUT2D eigenvalue weighted by Gasteiger charge is 2.04. The van der Waals surface area contributed by atoms with Gasteiger partial charge >= 0.3 is 0 Å². The van der Waals surface area contributed by atoms with Crippen LogP contribution in [0, 0.1) is 0 Å². The van der Waals surface area contributed by atoms with Gasteiger partial charge in [0.05, 0.1) is 7.11 Å². The van der Waals surface area contributed by atoms with Gasteiger partial charge in [-0.2, -0.15) is 0 Å². The zero-order chi connectivity index (χ0) is 11.8. The van der Waals surface area contributed by atoms with Gasteiger partial charge in [-0.05, 0) is 44.0 Å². The van der Waals surface area contributed by atoms with Crippen LogP contribution < -0.4 is 10.1 Å². The van der Waals surface area contributed by atoms with Gasteiger partial charge in [0.1, 0.15) is 5.75 Å². The van der Waals surface area contributed by atoms with E-state index in [0.717, 1.165) is 25.1 Å². The van der Waals surface area contributed by atoms with Crippen molar-refractivity contribution >= 4 is 0 Å². The van der Waals surface area contributed by atoms with E-state index in [4.69, 9.17) is 9.84 Å². The molecule has 0 unspecified atom stereocenters. The van der Waals surface area contributed by atoms with E-state index in [0.29, 0.717) is 6.04 Å². The lowest BCUT2D eigenvalue weighted by Gasteiger charge is -2.14. The molecule has 0 aliphatic rings. The summed E-state index contributed by atoms with van der Waals surface area (Å²) >= 11 is 0. The van der Waals surface area contributed by atoms with Gasteiger partial charge in [-0.1, -0.05) is 12.1 Å². The van der Waals surface area contributed by atoms with Gasteiger partial charge in [-0.15, -0.1) is 0 Å². The van der Waals surface area contributed by atoms with Crippen molar-refractivity contribution in [2.45, 2.75) is 25.8 Å². The van der Waals surface area contributed by atoms with E-state index >= 15 is 0 Å². The number of aliphatic hydroxyl groups is 1. The lowest BCUT2D eigenvalue weighted by Crippen LogP contribution is -2.20. The van der Waals surface area contributed by atoms with Gasteiger partial charge in [0.15, 0.2) is 0 Å². The summed E-state index contributed by atoms with van der Waals surface area (Å²) in [6.07, 6.45) is 1.86. The predicted molar refractivity (Wildman–Crippen MR) is 65.7 cm³/mol. The molecule has 2 N–H and O–H groups in total. The maximum Gasteiger partial charge on any atom is 0.119 e. The number of hydrogen-bond acceptors (Lipinski definition) is 3. The van der Waals surface area contributed by atoms with Crippen LogP contribution in [-0.4, -0.2) is 25.4 Å². The fourth-order valence-electron chi connectivity index (χ4n) is 1.58. The molecule has 90 valence electrons. The first-order valence-corrected chi connectivity index (χ1v) is 5.76. The summed E-state index contributed by atoms with van der Waals surface area (Å²) in [7, 11) is 1.68. The van der Waals surface area contributed by atoms with Crippen LogP contribution in [0.15, 0.2) is 24.3 Å². The zero-order valence-corrected chi connectivity index (χ0v) is 10.1. The summed E-state index contributed by atoms with van der Waals surface area (Å²) in [6, 6.07) is 8.40. The highest BCUT2D eigenvalue weighted by Crippen LogP contribution is 2.18. The minimum atomic E-state index is 0.273. The Balaban J connectivity index is 2.42. The van der Waals surface area contributed by atoms with Gasteiger partial charge in [-0.3, -0.25) is 0 Å². The molecule has 1 aromatic carbocycles. The molecule has 1 atom stereocenters. The highest BCUT2D eigenvalue weighted by atomic mass is 16.5. The van der Waals surface area contributed by atoms with Crippen LogP contribution >= 0.6 is 0 Å². The third-order valence-electron chi connectivity index (χ3n) is 2.63. The molecule has 3 nitrogen and oxygen atoms in total. The van der Waals surface area contributed by atoms with Crippen LogP contribution in [0.25, 0.3) is 0 Å².